The van der Waals surface area contributed by atoms with Crippen LogP contribution in [-0.2, 0) is 4.74 Å². The Labute approximate surface area is 106 Å². The number of hydrogen-bond donors (Lipinski definition) is 1. The summed E-state index contributed by atoms with van der Waals surface area (Å²) in [6, 6.07) is 7.19. The van der Waals surface area contributed by atoms with Crippen molar-refractivity contribution in [2.24, 2.45) is 5.92 Å². The maximum absolute atomic E-state index is 11.7. The number of cyclic esters (lactones) is 1. The van der Waals surface area contributed by atoms with Gasteiger partial charge in [-0.2, -0.15) is 0 Å². The third kappa shape index (κ3) is 2.90. The Balaban J connectivity index is 2.12. The zero-order valence-corrected chi connectivity index (χ0v) is 10.4. The molecule has 0 aliphatic carbocycles. The second kappa shape index (κ2) is 5.38. The van der Waals surface area contributed by atoms with Crippen molar-refractivity contribution in [1.29, 1.82) is 0 Å². The summed E-state index contributed by atoms with van der Waals surface area (Å²) in [5, 5.41) is 3.75. The SMILES string of the molecule is CNCC1COC(=O)N(c2ccc(Cl)cc2)C1. The standard InChI is InChI=1S/C12H15ClN2O2/c1-14-6-9-7-15(12(16)17-8-9)11-4-2-10(13)3-5-11/h2-5,9,14H,6-8H2,1H3. The highest BCUT2D eigenvalue weighted by molar-refractivity contribution is 6.30. The number of amides is 1. The van der Waals surface area contributed by atoms with Crippen LogP contribution in [0, 0.1) is 5.92 Å². The molecule has 1 fully saturated rings. The van der Waals surface area contributed by atoms with Gasteiger partial charge in [0.1, 0.15) is 0 Å². The minimum absolute atomic E-state index is 0.292. The van der Waals surface area contributed by atoms with Gasteiger partial charge in [0.25, 0.3) is 0 Å². The number of anilines is 1. The van der Waals surface area contributed by atoms with Crippen molar-refractivity contribution in [2.75, 3.05) is 31.6 Å². The van der Waals surface area contributed by atoms with Crippen LogP contribution in [-0.4, -0.2) is 32.8 Å². The quantitative estimate of drug-likeness (QED) is 0.899. The summed E-state index contributed by atoms with van der Waals surface area (Å²) < 4.78 is 5.15. The van der Waals surface area contributed by atoms with E-state index in [2.05, 4.69) is 5.32 Å². The number of carbonyl (C=O) groups excluding carboxylic acids is 1. The molecule has 4 nitrogen and oxygen atoms in total. The Kier molecular flexibility index (Phi) is 3.86. The zero-order chi connectivity index (χ0) is 12.3. The number of carbonyl (C=O) groups is 1. The lowest BCUT2D eigenvalue weighted by molar-refractivity contribution is 0.115. The third-order valence-electron chi connectivity index (χ3n) is 2.73. The summed E-state index contributed by atoms with van der Waals surface area (Å²) in [4.78, 5) is 13.3. The molecule has 1 heterocycles. The van der Waals surface area contributed by atoms with E-state index >= 15 is 0 Å². The molecule has 1 amide bonds. The fraction of sp³-hybridized carbons (Fsp3) is 0.417. The first kappa shape index (κ1) is 12.2. The Morgan fingerprint density at radius 1 is 1.47 bits per heavy atom. The molecule has 0 spiro atoms. The summed E-state index contributed by atoms with van der Waals surface area (Å²) >= 11 is 5.82. The van der Waals surface area contributed by atoms with Crippen LogP contribution in [0.3, 0.4) is 0 Å². The molecule has 0 bridgehead atoms. The molecule has 1 N–H and O–H groups in total. The van der Waals surface area contributed by atoms with E-state index in [0.717, 1.165) is 12.2 Å². The van der Waals surface area contributed by atoms with Gasteiger partial charge in [-0.3, -0.25) is 4.90 Å². The number of rotatable bonds is 3. The van der Waals surface area contributed by atoms with Crippen LogP contribution < -0.4 is 10.2 Å². The van der Waals surface area contributed by atoms with Crippen molar-refractivity contribution in [3.8, 4) is 0 Å². The van der Waals surface area contributed by atoms with E-state index in [-0.39, 0.29) is 6.09 Å². The lowest BCUT2D eigenvalue weighted by Crippen LogP contribution is -2.46. The molecular formula is C12H15ClN2O2. The van der Waals surface area contributed by atoms with Gasteiger partial charge in [0.2, 0.25) is 0 Å². The first-order valence-electron chi connectivity index (χ1n) is 5.55. The van der Waals surface area contributed by atoms with Crippen molar-refractivity contribution < 1.29 is 9.53 Å². The van der Waals surface area contributed by atoms with Crippen LogP contribution in [0.2, 0.25) is 5.02 Å². The van der Waals surface area contributed by atoms with E-state index in [1.807, 2.05) is 19.2 Å². The molecule has 1 aromatic rings. The number of nitrogens with zero attached hydrogens (tertiary/aromatic N) is 1. The first-order valence-corrected chi connectivity index (χ1v) is 5.93. The molecule has 0 saturated carbocycles. The van der Waals surface area contributed by atoms with Gasteiger partial charge in [-0.1, -0.05) is 11.6 Å². The maximum Gasteiger partial charge on any atom is 0.414 e. The van der Waals surface area contributed by atoms with E-state index in [9.17, 15) is 4.79 Å². The van der Waals surface area contributed by atoms with E-state index < -0.39 is 0 Å². The van der Waals surface area contributed by atoms with Crippen molar-refractivity contribution >= 4 is 23.4 Å². The molecule has 5 heteroatoms. The van der Waals surface area contributed by atoms with Crippen LogP contribution in [0.4, 0.5) is 10.5 Å². The minimum atomic E-state index is -0.292. The van der Waals surface area contributed by atoms with Crippen molar-refractivity contribution in [3.05, 3.63) is 29.3 Å². The maximum atomic E-state index is 11.7. The van der Waals surface area contributed by atoms with Gasteiger partial charge in [0.15, 0.2) is 0 Å². The van der Waals surface area contributed by atoms with Gasteiger partial charge < -0.3 is 10.1 Å². The molecule has 1 saturated heterocycles. The molecule has 1 aromatic carbocycles. The zero-order valence-electron chi connectivity index (χ0n) is 9.65. The van der Waals surface area contributed by atoms with E-state index in [1.54, 1.807) is 17.0 Å². The molecule has 2 rings (SSSR count). The van der Waals surface area contributed by atoms with E-state index in [4.69, 9.17) is 16.3 Å². The van der Waals surface area contributed by atoms with Crippen LogP contribution >= 0.6 is 11.6 Å². The van der Waals surface area contributed by atoms with Gasteiger partial charge >= 0.3 is 6.09 Å². The minimum Gasteiger partial charge on any atom is -0.449 e. The van der Waals surface area contributed by atoms with E-state index in [0.29, 0.717) is 24.1 Å². The predicted octanol–water partition coefficient (Wildman–Crippen LogP) is 2.13. The lowest BCUT2D eigenvalue weighted by atomic mass is 10.1. The Morgan fingerprint density at radius 2 is 2.18 bits per heavy atom. The highest BCUT2D eigenvalue weighted by Crippen LogP contribution is 2.22. The summed E-state index contributed by atoms with van der Waals surface area (Å²) in [7, 11) is 1.89. The van der Waals surface area contributed by atoms with Gasteiger partial charge in [-0.15, -0.1) is 0 Å². The van der Waals surface area contributed by atoms with Crippen LogP contribution in [0.15, 0.2) is 24.3 Å². The molecule has 1 aliphatic rings. The summed E-state index contributed by atoms with van der Waals surface area (Å²) in [6.07, 6.45) is -0.292. The Bertz CT molecular complexity index is 394. The molecular weight excluding hydrogens is 240 g/mol. The normalized spacial score (nSPS) is 20.2. The average Bonchev–Trinajstić information content (AvgIpc) is 2.33. The second-order valence-electron chi connectivity index (χ2n) is 4.09. The highest BCUT2D eigenvalue weighted by Gasteiger charge is 2.27. The van der Waals surface area contributed by atoms with Crippen molar-refractivity contribution in [2.45, 2.75) is 0 Å². The number of halogens is 1. The van der Waals surface area contributed by atoms with Crippen LogP contribution in [0.5, 0.6) is 0 Å². The molecule has 17 heavy (non-hydrogen) atoms. The Morgan fingerprint density at radius 3 is 2.82 bits per heavy atom. The fourth-order valence-electron chi connectivity index (χ4n) is 1.90. The van der Waals surface area contributed by atoms with Gasteiger partial charge in [0.05, 0.1) is 6.61 Å². The number of ether oxygens (including phenoxy) is 1. The van der Waals surface area contributed by atoms with E-state index in [1.165, 1.54) is 0 Å². The summed E-state index contributed by atoms with van der Waals surface area (Å²) in [5.41, 5.74) is 0.820. The molecule has 1 unspecified atom stereocenters. The fourth-order valence-corrected chi connectivity index (χ4v) is 2.02. The molecule has 1 atom stereocenters. The topological polar surface area (TPSA) is 41.6 Å². The third-order valence-corrected chi connectivity index (χ3v) is 2.99. The number of nitrogens with one attached hydrogen (secondary N) is 1. The van der Waals surface area contributed by atoms with Gasteiger partial charge in [-0.05, 0) is 31.3 Å². The predicted molar refractivity (Wildman–Crippen MR) is 67.6 cm³/mol. The summed E-state index contributed by atoms with van der Waals surface area (Å²) in [6.45, 7) is 1.97. The summed E-state index contributed by atoms with van der Waals surface area (Å²) in [5.74, 6) is 0.313. The number of benzene rings is 1. The average molecular weight is 255 g/mol. The van der Waals surface area contributed by atoms with Crippen LogP contribution in [0.25, 0.3) is 0 Å². The van der Waals surface area contributed by atoms with Crippen molar-refractivity contribution in [1.82, 2.24) is 5.32 Å². The molecule has 92 valence electrons. The highest BCUT2D eigenvalue weighted by atomic mass is 35.5. The van der Waals surface area contributed by atoms with Gasteiger partial charge in [-0.25, -0.2) is 4.79 Å². The van der Waals surface area contributed by atoms with Gasteiger partial charge in [0, 0.05) is 29.7 Å². The Hall–Kier alpha value is -1.26. The molecule has 0 radical (unpaired) electrons. The monoisotopic (exact) mass is 254 g/mol. The first-order chi connectivity index (χ1) is 8.20. The second-order valence-corrected chi connectivity index (χ2v) is 4.52. The lowest BCUT2D eigenvalue weighted by Gasteiger charge is -2.32. The molecule has 0 aromatic heterocycles. The smallest absolute Gasteiger partial charge is 0.414 e. The largest absolute Gasteiger partial charge is 0.449 e. The molecule has 1 aliphatic heterocycles. The number of hydrogen-bond acceptors (Lipinski definition) is 3. The van der Waals surface area contributed by atoms with Crippen LogP contribution in [0.1, 0.15) is 0 Å². The van der Waals surface area contributed by atoms with Crippen molar-refractivity contribution in [3.63, 3.8) is 0 Å².